The zero-order valence-electron chi connectivity index (χ0n) is 17.8. The zero-order chi connectivity index (χ0) is 21.8. The van der Waals surface area contributed by atoms with Gasteiger partial charge in [0.2, 0.25) is 0 Å². The van der Waals surface area contributed by atoms with Gasteiger partial charge < -0.3 is 15.3 Å². The van der Waals surface area contributed by atoms with Crippen molar-refractivity contribution in [1.29, 1.82) is 0 Å². The molecule has 7 heteroatoms. The summed E-state index contributed by atoms with van der Waals surface area (Å²) >= 11 is 6.46. The van der Waals surface area contributed by atoms with Crippen molar-refractivity contribution in [2.24, 2.45) is 11.8 Å². The number of hydrogen-bond donors (Lipinski definition) is 2. The summed E-state index contributed by atoms with van der Waals surface area (Å²) < 4.78 is 0. The van der Waals surface area contributed by atoms with Gasteiger partial charge in [0.15, 0.2) is 0 Å². The highest BCUT2D eigenvalue weighted by Gasteiger charge is 2.25. The predicted molar refractivity (Wildman–Crippen MR) is 124 cm³/mol. The van der Waals surface area contributed by atoms with Crippen LogP contribution in [0.4, 0.5) is 11.5 Å². The van der Waals surface area contributed by atoms with Gasteiger partial charge in [0.25, 0.3) is 0 Å². The third-order valence-electron chi connectivity index (χ3n) is 6.71. The second kappa shape index (κ2) is 9.86. The fraction of sp³-hybridized carbons (Fsp3) is 0.542. The van der Waals surface area contributed by atoms with Gasteiger partial charge in [-0.15, -0.1) is 0 Å². The third kappa shape index (κ3) is 5.12. The highest BCUT2D eigenvalue weighted by molar-refractivity contribution is 6.34. The summed E-state index contributed by atoms with van der Waals surface area (Å²) in [5, 5.41) is 14.1. The van der Waals surface area contributed by atoms with E-state index < -0.39 is 5.97 Å². The molecule has 31 heavy (non-hydrogen) atoms. The van der Waals surface area contributed by atoms with E-state index >= 15 is 0 Å². The van der Waals surface area contributed by atoms with Crippen LogP contribution in [0.5, 0.6) is 0 Å². The normalized spacial score (nSPS) is 18.3. The first kappa shape index (κ1) is 21.9. The number of nitrogens with one attached hydrogen (secondary N) is 1. The highest BCUT2D eigenvalue weighted by atomic mass is 35.5. The summed E-state index contributed by atoms with van der Waals surface area (Å²) in [6, 6.07) is 7.72. The second-order valence-electron chi connectivity index (χ2n) is 8.74. The van der Waals surface area contributed by atoms with Crippen molar-refractivity contribution >= 4 is 45.8 Å². The minimum absolute atomic E-state index is 0.230. The molecular weight excluding hydrogens is 414 g/mol. The molecule has 0 spiro atoms. The Morgan fingerprint density at radius 3 is 2.48 bits per heavy atom. The zero-order valence-corrected chi connectivity index (χ0v) is 18.5. The van der Waals surface area contributed by atoms with E-state index in [9.17, 15) is 14.7 Å². The number of piperidine rings is 1. The number of aromatic nitrogens is 1. The third-order valence-corrected chi connectivity index (χ3v) is 7.02. The number of carbonyl (C=O) groups is 2. The largest absolute Gasteiger partial charge is 0.481 e. The van der Waals surface area contributed by atoms with Gasteiger partial charge in [-0.05, 0) is 49.9 Å². The Morgan fingerprint density at radius 2 is 1.77 bits per heavy atom. The van der Waals surface area contributed by atoms with Crippen molar-refractivity contribution in [2.75, 3.05) is 29.9 Å². The minimum Gasteiger partial charge on any atom is -0.481 e. The average molecular weight is 444 g/mol. The molecule has 2 fully saturated rings. The van der Waals surface area contributed by atoms with Crippen LogP contribution in [0.1, 0.15) is 51.4 Å². The van der Waals surface area contributed by atoms with Gasteiger partial charge in [0, 0.05) is 37.4 Å². The molecule has 0 bridgehead atoms. The summed E-state index contributed by atoms with van der Waals surface area (Å²) in [5.74, 6) is 0.472. The summed E-state index contributed by atoms with van der Waals surface area (Å²) in [6.07, 6.45) is 7.44. The number of anilines is 2. The van der Waals surface area contributed by atoms with E-state index in [1.165, 1.54) is 19.3 Å². The molecule has 0 unspecified atom stereocenters. The molecule has 1 saturated heterocycles. The van der Waals surface area contributed by atoms with Crippen molar-refractivity contribution in [2.45, 2.75) is 51.4 Å². The number of Topliss-reactive ketones (excluding diaryl/α,β-unsaturated/α-hetero) is 1. The molecule has 2 heterocycles. The molecule has 1 aliphatic carbocycles. The SMILES string of the molecule is O=C(O)C1CCN(c2ccc3c(NCCC(=O)C4CCCCC4)c(Cl)ccc3n2)CC1. The lowest BCUT2D eigenvalue weighted by molar-refractivity contribution is -0.142. The Bertz CT molecular complexity index is 950. The van der Waals surface area contributed by atoms with Crippen LogP contribution in [-0.2, 0) is 9.59 Å². The summed E-state index contributed by atoms with van der Waals surface area (Å²) in [7, 11) is 0. The molecule has 1 saturated carbocycles. The summed E-state index contributed by atoms with van der Waals surface area (Å²) in [5.41, 5.74) is 1.66. The Morgan fingerprint density at radius 1 is 1.03 bits per heavy atom. The number of carboxylic acids is 1. The van der Waals surface area contributed by atoms with E-state index in [1.807, 2.05) is 24.3 Å². The summed E-state index contributed by atoms with van der Waals surface area (Å²) in [6.45, 7) is 1.95. The van der Waals surface area contributed by atoms with Crippen LogP contribution in [0.2, 0.25) is 5.02 Å². The topological polar surface area (TPSA) is 82.5 Å². The molecule has 166 valence electrons. The molecule has 2 aliphatic rings. The Hall–Kier alpha value is -2.34. The van der Waals surface area contributed by atoms with E-state index in [1.54, 1.807) is 0 Å². The van der Waals surface area contributed by atoms with Gasteiger partial charge in [-0.2, -0.15) is 0 Å². The molecule has 6 nitrogen and oxygen atoms in total. The van der Waals surface area contributed by atoms with Gasteiger partial charge in [-0.3, -0.25) is 9.59 Å². The van der Waals surface area contributed by atoms with Crippen LogP contribution >= 0.6 is 11.6 Å². The van der Waals surface area contributed by atoms with Crippen molar-refractivity contribution in [3.05, 3.63) is 29.3 Å². The maximum absolute atomic E-state index is 12.5. The molecule has 0 amide bonds. The quantitative estimate of drug-likeness (QED) is 0.616. The molecule has 0 atom stereocenters. The van der Waals surface area contributed by atoms with E-state index in [-0.39, 0.29) is 11.8 Å². The van der Waals surface area contributed by atoms with Crippen LogP contribution in [-0.4, -0.2) is 41.5 Å². The molecule has 4 rings (SSSR count). The number of hydrogen-bond acceptors (Lipinski definition) is 5. The lowest BCUT2D eigenvalue weighted by Crippen LogP contribution is -2.36. The number of carbonyl (C=O) groups excluding carboxylic acids is 1. The maximum atomic E-state index is 12.5. The molecule has 2 aromatic rings. The first-order valence-corrected chi connectivity index (χ1v) is 11.7. The van der Waals surface area contributed by atoms with Crippen LogP contribution < -0.4 is 10.2 Å². The predicted octanol–water partition coefficient (Wildman–Crippen LogP) is 5.14. The first-order valence-electron chi connectivity index (χ1n) is 11.4. The van der Waals surface area contributed by atoms with E-state index in [4.69, 9.17) is 16.6 Å². The molecular formula is C24H30ClN3O3. The minimum atomic E-state index is -0.710. The van der Waals surface area contributed by atoms with Crippen LogP contribution in [0.25, 0.3) is 10.9 Å². The van der Waals surface area contributed by atoms with Gasteiger partial charge in [-0.25, -0.2) is 4.98 Å². The lowest BCUT2D eigenvalue weighted by Gasteiger charge is -2.31. The number of ketones is 1. The molecule has 0 radical (unpaired) electrons. The fourth-order valence-electron chi connectivity index (χ4n) is 4.82. The lowest BCUT2D eigenvalue weighted by atomic mass is 9.85. The molecule has 2 N–H and O–H groups in total. The smallest absolute Gasteiger partial charge is 0.306 e. The van der Waals surface area contributed by atoms with Crippen molar-refractivity contribution < 1.29 is 14.7 Å². The monoisotopic (exact) mass is 443 g/mol. The Kier molecular flexibility index (Phi) is 6.96. The van der Waals surface area contributed by atoms with E-state index in [0.717, 1.165) is 35.2 Å². The van der Waals surface area contributed by atoms with Crippen LogP contribution in [0.3, 0.4) is 0 Å². The standard InChI is InChI=1S/C24H30ClN3O3/c25-19-7-8-20-18(23(19)26-13-10-21(29)16-4-2-1-3-5-16)6-9-22(27-20)28-14-11-17(12-15-28)24(30)31/h6-9,16-17,26H,1-5,10-15H2,(H,30,31). The number of halogens is 1. The van der Waals surface area contributed by atoms with E-state index in [2.05, 4.69) is 10.2 Å². The van der Waals surface area contributed by atoms with Crippen LogP contribution in [0, 0.1) is 11.8 Å². The van der Waals surface area contributed by atoms with Crippen molar-refractivity contribution in [3.63, 3.8) is 0 Å². The van der Waals surface area contributed by atoms with Gasteiger partial charge >= 0.3 is 5.97 Å². The second-order valence-corrected chi connectivity index (χ2v) is 9.14. The molecule has 1 aromatic heterocycles. The van der Waals surface area contributed by atoms with Crippen molar-refractivity contribution in [3.8, 4) is 0 Å². The molecule has 1 aromatic carbocycles. The summed E-state index contributed by atoms with van der Waals surface area (Å²) in [4.78, 5) is 30.6. The van der Waals surface area contributed by atoms with Crippen molar-refractivity contribution in [1.82, 2.24) is 4.98 Å². The average Bonchev–Trinajstić information content (AvgIpc) is 2.80. The number of rotatable bonds is 7. The number of aliphatic carboxylic acids is 1. The van der Waals surface area contributed by atoms with Gasteiger partial charge in [0.1, 0.15) is 11.6 Å². The number of fused-ring (bicyclic) bond motifs is 1. The number of pyridine rings is 1. The maximum Gasteiger partial charge on any atom is 0.306 e. The highest BCUT2D eigenvalue weighted by Crippen LogP contribution is 2.33. The fourth-order valence-corrected chi connectivity index (χ4v) is 5.05. The number of carboxylic acid groups (broad SMARTS) is 1. The number of benzene rings is 1. The Labute approximate surface area is 188 Å². The Balaban J connectivity index is 1.42. The van der Waals surface area contributed by atoms with E-state index in [0.29, 0.717) is 49.7 Å². The van der Waals surface area contributed by atoms with Gasteiger partial charge in [-0.1, -0.05) is 30.9 Å². The van der Waals surface area contributed by atoms with Gasteiger partial charge in [0.05, 0.1) is 22.1 Å². The molecule has 1 aliphatic heterocycles. The first-order chi connectivity index (χ1) is 15.0. The number of nitrogens with zero attached hydrogens (tertiary/aromatic N) is 2. The van der Waals surface area contributed by atoms with Crippen LogP contribution in [0.15, 0.2) is 24.3 Å².